The summed E-state index contributed by atoms with van der Waals surface area (Å²) in [4.78, 5) is 13.3. The quantitative estimate of drug-likeness (QED) is 0.792. The number of carboxylic acid groups (broad SMARTS) is 1. The number of hydrogen-bond donors (Lipinski definition) is 1. The number of hydrogen-bond acceptors (Lipinski definition) is 4. The number of ether oxygens (including phenoxy) is 2. The van der Waals surface area contributed by atoms with E-state index in [1.807, 2.05) is 0 Å². The molecule has 0 radical (unpaired) electrons. The fourth-order valence-electron chi connectivity index (χ4n) is 1.98. The smallest absolute Gasteiger partial charge is 0.335 e. The summed E-state index contributed by atoms with van der Waals surface area (Å²) in [6, 6.07) is 5.26. The molecule has 5 heteroatoms. The van der Waals surface area contributed by atoms with Crippen molar-refractivity contribution in [2.45, 2.75) is 26.4 Å². The molecule has 0 aromatic heterocycles. The van der Waals surface area contributed by atoms with Crippen molar-refractivity contribution in [1.82, 2.24) is 4.90 Å². The highest BCUT2D eigenvalue weighted by Gasteiger charge is 2.15. The van der Waals surface area contributed by atoms with Gasteiger partial charge in [0.2, 0.25) is 0 Å². The van der Waals surface area contributed by atoms with Gasteiger partial charge in [-0.25, -0.2) is 4.79 Å². The fourth-order valence-corrected chi connectivity index (χ4v) is 1.98. The molecule has 1 rings (SSSR count). The minimum absolute atomic E-state index is 0.274. The van der Waals surface area contributed by atoms with Crippen LogP contribution in [0.5, 0.6) is 5.75 Å². The van der Waals surface area contributed by atoms with Gasteiger partial charge in [0.25, 0.3) is 0 Å². The molecule has 0 aliphatic heterocycles. The van der Waals surface area contributed by atoms with Crippen molar-refractivity contribution >= 4 is 5.97 Å². The zero-order valence-corrected chi connectivity index (χ0v) is 12.5. The van der Waals surface area contributed by atoms with E-state index in [1.54, 1.807) is 32.4 Å². The van der Waals surface area contributed by atoms with Crippen LogP contribution < -0.4 is 4.74 Å². The number of benzene rings is 1. The number of methoxy groups -OCH3 is 2. The molecule has 5 nitrogen and oxygen atoms in total. The first-order valence-corrected chi connectivity index (χ1v) is 6.62. The third-order valence-electron chi connectivity index (χ3n) is 3.21. The summed E-state index contributed by atoms with van der Waals surface area (Å²) < 4.78 is 10.4. The maximum atomic E-state index is 11.1. The molecule has 0 aliphatic rings. The Morgan fingerprint density at radius 1 is 1.35 bits per heavy atom. The Morgan fingerprint density at radius 3 is 2.55 bits per heavy atom. The van der Waals surface area contributed by atoms with E-state index in [1.165, 1.54) is 0 Å². The fraction of sp³-hybridized carbons (Fsp3) is 0.533. The molecule has 20 heavy (non-hydrogen) atoms. The number of rotatable bonds is 8. The van der Waals surface area contributed by atoms with Gasteiger partial charge in [0.1, 0.15) is 5.75 Å². The summed E-state index contributed by atoms with van der Waals surface area (Å²) in [6.45, 7) is 6.26. The van der Waals surface area contributed by atoms with Crippen molar-refractivity contribution < 1.29 is 19.4 Å². The molecule has 1 N–H and O–H groups in total. The molecule has 0 saturated heterocycles. The predicted molar refractivity (Wildman–Crippen MR) is 77.4 cm³/mol. The van der Waals surface area contributed by atoms with E-state index in [4.69, 9.17) is 14.6 Å². The second kappa shape index (κ2) is 7.87. The highest BCUT2D eigenvalue weighted by atomic mass is 16.5. The molecular weight excluding hydrogens is 258 g/mol. The summed E-state index contributed by atoms with van der Waals surface area (Å²) in [5.74, 6) is -0.222. The molecule has 1 aromatic carbocycles. The second-order valence-electron chi connectivity index (χ2n) is 4.89. The minimum Gasteiger partial charge on any atom is -0.496 e. The number of aromatic carboxylic acids is 1. The molecular formula is C15H23NO4. The Balaban J connectivity index is 2.96. The van der Waals surface area contributed by atoms with Gasteiger partial charge in [-0.1, -0.05) is 0 Å². The van der Waals surface area contributed by atoms with E-state index in [0.29, 0.717) is 24.9 Å². The summed E-state index contributed by atoms with van der Waals surface area (Å²) >= 11 is 0. The normalized spacial score (nSPS) is 11.1. The zero-order chi connectivity index (χ0) is 15.1. The molecule has 0 atom stereocenters. The molecule has 0 bridgehead atoms. The summed E-state index contributed by atoms with van der Waals surface area (Å²) in [5, 5.41) is 9.08. The van der Waals surface area contributed by atoms with Gasteiger partial charge in [0, 0.05) is 31.8 Å². The molecule has 1 aromatic rings. The van der Waals surface area contributed by atoms with E-state index in [9.17, 15) is 4.79 Å². The SMILES string of the molecule is COCCN(Cc1cc(C(=O)O)ccc1OC)C(C)C. The number of carboxylic acids is 1. The van der Waals surface area contributed by atoms with Crippen LogP contribution in [0, 0.1) is 0 Å². The number of nitrogens with zero attached hydrogens (tertiary/aromatic N) is 1. The maximum absolute atomic E-state index is 11.1. The molecule has 0 saturated carbocycles. The third kappa shape index (κ3) is 4.51. The van der Waals surface area contributed by atoms with Gasteiger partial charge >= 0.3 is 5.97 Å². The van der Waals surface area contributed by atoms with Crippen LogP contribution in [0.4, 0.5) is 0 Å². The first kappa shape index (κ1) is 16.5. The van der Waals surface area contributed by atoms with Gasteiger partial charge in [-0.05, 0) is 32.0 Å². The monoisotopic (exact) mass is 281 g/mol. The Labute approximate surface area is 120 Å². The Kier molecular flexibility index (Phi) is 6.48. The average Bonchev–Trinajstić information content (AvgIpc) is 2.42. The van der Waals surface area contributed by atoms with E-state index in [0.717, 1.165) is 12.1 Å². The van der Waals surface area contributed by atoms with Gasteiger partial charge in [0.15, 0.2) is 0 Å². The van der Waals surface area contributed by atoms with Gasteiger partial charge in [0.05, 0.1) is 19.3 Å². The molecule has 0 heterocycles. The predicted octanol–water partition coefficient (Wildman–Crippen LogP) is 2.25. The van der Waals surface area contributed by atoms with Crippen LogP contribution >= 0.6 is 0 Å². The molecule has 0 spiro atoms. The lowest BCUT2D eigenvalue weighted by molar-refractivity contribution is 0.0696. The molecule has 0 fully saturated rings. The third-order valence-corrected chi connectivity index (χ3v) is 3.21. The van der Waals surface area contributed by atoms with E-state index < -0.39 is 5.97 Å². The maximum Gasteiger partial charge on any atom is 0.335 e. The first-order valence-electron chi connectivity index (χ1n) is 6.62. The van der Waals surface area contributed by atoms with Crippen LogP contribution in [0.15, 0.2) is 18.2 Å². The largest absolute Gasteiger partial charge is 0.496 e. The van der Waals surface area contributed by atoms with Gasteiger partial charge in [-0.3, -0.25) is 4.90 Å². The van der Waals surface area contributed by atoms with Crippen LogP contribution in [-0.4, -0.2) is 49.4 Å². The van der Waals surface area contributed by atoms with E-state index >= 15 is 0 Å². The molecule has 0 amide bonds. The highest BCUT2D eigenvalue weighted by molar-refractivity contribution is 5.88. The van der Waals surface area contributed by atoms with Crippen molar-refractivity contribution in [2.75, 3.05) is 27.4 Å². The Hall–Kier alpha value is -1.59. The van der Waals surface area contributed by atoms with Gasteiger partial charge in [-0.2, -0.15) is 0 Å². The lowest BCUT2D eigenvalue weighted by Gasteiger charge is -2.27. The van der Waals surface area contributed by atoms with E-state index in [-0.39, 0.29) is 5.56 Å². The van der Waals surface area contributed by atoms with Crippen molar-refractivity contribution in [2.24, 2.45) is 0 Å². The molecule has 112 valence electrons. The van der Waals surface area contributed by atoms with Crippen molar-refractivity contribution in [3.05, 3.63) is 29.3 Å². The molecule has 0 aliphatic carbocycles. The van der Waals surface area contributed by atoms with Crippen molar-refractivity contribution in [3.8, 4) is 5.75 Å². The van der Waals surface area contributed by atoms with Gasteiger partial charge in [-0.15, -0.1) is 0 Å². The first-order chi connectivity index (χ1) is 9.49. The Morgan fingerprint density at radius 2 is 2.05 bits per heavy atom. The zero-order valence-electron chi connectivity index (χ0n) is 12.5. The van der Waals surface area contributed by atoms with Crippen LogP contribution in [-0.2, 0) is 11.3 Å². The summed E-state index contributed by atoms with van der Waals surface area (Å²) in [7, 11) is 3.26. The van der Waals surface area contributed by atoms with Crippen LogP contribution in [0.3, 0.4) is 0 Å². The Bertz CT molecular complexity index is 445. The van der Waals surface area contributed by atoms with E-state index in [2.05, 4.69) is 18.7 Å². The lowest BCUT2D eigenvalue weighted by atomic mass is 10.1. The average molecular weight is 281 g/mol. The second-order valence-corrected chi connectivity index (χ2v) is 4.89. The lowest BCUT2D eigenvalue weighted by Crippen LogP contribution is -2.33. The van der Waals surface area contributed by atoms with Crippen molar-refractivity contribution in [3.63, 3.8) is 0 Å². The van der Waals surface area contributed by atoms with Gasteiger partial charge < -0.3 is 14.6 Å². The standard InChI is InChI=1S/C15H23NO4/c1-11(2)16(7-8-19-3)10-13-9-12(15(17)18)5-6-14(13)20-4/h5-6,9,11H,7-8,10H2,1-4H3,(H,17,18). The summed E-state index contributed by atoms with van der Waals surface area (Å²) in [5.41, 5.74) is 1.15. The highest BCUT2D eigenvalue weighted by Crippen LogP contribution is 2.22. The summed E-state index contributed by atoms with van der Waals surface area (Å²) in [6.07, 6.45) is 0. The van der Waals surface area contributed by atoms with Crippen LogP contribution in [0.25, 0.3) is 0 Å². The molecule has 0 unspecified atom stereocenters. The number of carbonyl (C=O) groups is 1. The van der Waals surface area contributed by atoms with Crippen LogP contribution in [0.2, 0.25) is 0 Å². The topological polar surface area (TPSA) is 59.0 Å². The van der Waals surface area contributed by atoms with Crippen LogP contribution in [0.1, 0.15) is 29.8 Å². The minimum atomic E-state index is -0.929. The van der Waals surface area contributed by atoms with Crippen molar-refractivity contribution in [1.29, 1.82) is 0 Å².